The van der Waals surface area contributed by atoms with Gasteiger partial charge in [-0.2, -0.15) is 0 Å². The Bertz CT molecular complexity index is 709. The summed E-state index contributed by atoms with van der Waals surface area (Å²) in [5.41, 5.74) is 0.560. The monoisotopic (exact) mass is 302 g/mol. The van der Waals surface area contributed by atoms with Crippen molar-refractivity contribution in [3.05, 3.63) is 29.8 Å². The molecule has 2 heterocycles. The van der Waals surface area contributed by atoms with E-state index in [0.717, 1.165) is 11.6 Å². The zero-order valence-electron chi connectivity index (χ0n) is 12.8. The number of fused-ring (bicyclic) bond motifs is 1. The Kier molecular flexibility index (Phi) is 3.70. The third-order valence-corrected chi connectivity index (χ3v) is 3.48. The maximum Gasteiger partial charge on any atom is 0.262 e. The molecular weight excluding hydrogens is 284 g/mol. The minimum absolute atomic E-state index is 0.0253. The van der Waals surface area contributed by atoms with E-state index < -0.39 is 0 Å². The molecule has 0 atom stereocenters. The summed E-state index contributed by atoms with van der Waals surface area (Å²) in [4.78, 5) is 11.5. The quantitative estimate of drug-likeness (QED) is 0.932. The van der Waals surface area contributed by atoms with Crippen LogP contribution in [0.1, 0.15) is 31.4 Å². The van der Waals surface area contributed by atoms with E-state index >= 15 is 0 Å². The number of benzene rings is 1. The molecule has 1 aromatic heterocycles. The number of aromatic nitrogens is 3. The van der Waals surface area contributed by atoms with Crippen LogP contribution in [-0.2, 0) is 18.4 Å². The molecule has 1 N–H and O–H groups in total. The summed E-state index contributed by atoms with van der Waals surface area (Å²) in [7, 11) is 1.92. The number of ether oxygens (including phenoxy) is 2. The standard InChI is InChI=1S/C15H18N4O3/c1-9(2)15-18-17-12(19(15)3)7-21-10-5-4-6-11-14(10)16-13(20)8-22-11/h4-6,9H,7-8H2,1-3H3,(H,16,20). The fraction of sp³-hybridized carbons (Fsp3) is 0.400. The number of amides is 1. The molecule has 0 unspecified atom stereocenters. The van der Waals surface area contributed by atoms with E-state index in [9.17, 15) is 4.79 Å². The van der Waals surface area contributed by atoms with E-state index in [1.54, 1.807) is 12.1 Å². The van der Waals surface area contributed by atoms with Crippen molar-refractivity contribution < 1.29 is 14.3 Å². The summed E-state index contributed by atoms with van der Waals surface area (Å²) >= 11 is 0. The molecule has 22 heavy (non-hydrogen) atoms. The SMILES string of the molecule is CC(C)c1nnc(COc2cccc3c2NC(=O)CO3)n1C. The summed E-state index contributed by atoms with van der Waals surface area (Å²) in [6.45, 7) is 4.42. The predicted molar refractivity (Wildman–Crippen MR) is 80.0 cm³/mol. The first-order valence-electron chi connectivity index (χ1n) is 7.13. The van der Waals surface area contributed by atoms with Crippen molar-refractivity contribution in [2.45, 2.75) is 26.4 Å². The van der Waals surface area contributed by atoms with Crippen molar-refractivity contribution in [1.82, 2.24) is 14.8 Å². The molecule has 0 spiro atoms. The summed E-state index contributed by atoms with van der Waals surface area (Å²) < 4.78 is 13.1. The van der Waals surface area contributed by atoms with Gasteiger partial charge in [-0.3, -0.25) is 4.79 Å². The average molecular weight is 302 g/mol. The molecule has 0 bridgehead atoms. The Hall–Kier alpha value is -2.57. The molecule has 0 saturated heterocycles. The fourth-order valence-corrected chi connectivity index (χ4v) is 2.34. The summed E-state index contributed by atoms with van der Waals surface area (Å²) in [6, 6.07) is 5.40. The normalized spacial score (nSPS) is 13.5. The van der Waals surface area contributed by atoms with Gasteiger partial charge in [0.05, 0.1) is 0 Å². The minimum atomic E-state index is -0.190. The van der Waals surface area contributed by atoms with Crippen LogP contribution in [0.5, 0.6) is 11.5 Å². The van der Waals surface area contributed by atoms with E-state index in [1.807, 2.05) is 17.7 Å². The van der Waals surface area contributed by atoms with Crippen molar-refractivity contribution >= 4 is 11.6 Å². The van der Waals surface area contributed by atoms with Crippen LogP contribution in [-0.4, -0.2) is 27.3 Å². The van der Waals surface area contributed by atoms with Gasteiger partial charge >= 0.3 is 0 Å². The topological polar surface area (TPSA) is 78.3 Å². The largest absolute Gasteiger partial charge is 0.483 e. The van der Waals surface area contributed by atoms with Crippen LogP contribution in [0, 0.1) is 0 Å². The van der Waals surface area contributed by atoms with Crippen molar-refractivity contribution in [1.29, 1.82) is 0 Å². The molecule has 0 fully saturated rings. The number of nitrogens with one attached hydrogen (secondary N) is 1. The van der Waals surface area contributed by atoms with E-state index in [1.165, 1.54) is 0 Å². The summed E-state index contributed by atoms with van der Waals surface area (Å²) in [5, 5.41) is 11.1. The second kappa shape index (κ2) is 5.67. The van der Waals surface area contributed by atoms with Gasteiger partial charge in [-0.05, 0) is 12.1 Å². The first kappa shape index (κ1) is 14.4. The van der Waals surface area contributed by atoms with Crippen LogP contribution in [0.3, 0.4) is 0 Å². The molecule has 1 aromatic carbocycles. The van der Waals surface area contributed by atoms with Crippen LogP contribution in [0.2, 0.25) is 0 Å². The third-order valence-electron chi connectivity index (χ3n) is 3.48. The van der Waals surface area contributed by atoms with Crippen LogP contribution < -0.4 is 14.8 Å². The lowest BCUT2D eigenvalue weighted by Gasteiger charge is -2.20. The highest BCUT2D eigenvalue weighted by molar-refractivity contribution is 5.97. The first-order valence-corrected chi connectivity index (χ1v) is 7.13. The Morgan fingerprint density at radius 2 is 2.23 bits per heavy atom. The van der Waals surface area contributed by atoms with Crippen LogP contribution >= 0.6 is 0 Å². The maximum atomic E-state index is 11.5. The van der Waals surface area contributed by atoms with Crippen molar-refractivity contribution in [2.24, 2.45) is 7.05 Å². The van der Waals surface area contributed by atoms with Gasteiger partial charge in [0.2, 0.25) is 0 Å². The van der Waals surface area contributed by atoms with E-state index in [-0.39, 0.29) is 19.1 Å². The molecule has 1 aliphatic rings. The second-order valence-corrected chi connectivity index (χ2v) is 5.44. The Morgan fingerprint density at radius 3 is 2.95 bits per heavy atom. The molecule has 1 aliphatic heterocycles. The molecule has 0 saturated carbocycles. The van der Waals surface area contributed by atoms with Crippen LogP contribution in [0.25, 0.3) is 0 Å². The Balaban J connectivity index is 1.79. The lowest BCUT2D eigenvalue weighted by Crippen LogP contribution is -2.25. The van der Waals surface area contributed by atoms with Crippen molar-refractivity contribution in [2.75, 3.05) is 11.9 Å². The number of hydrogen-bond acceptors (Lipinski definition) is 5. The maximum absolute atomic E-state index is 11.5. The van der Waals surface area contributed by atoms with E-state index in [4.69, 9.17) is 9.47 Å². The van der Waals surface area contributed by atoms with Gasteiger partial charge in [0.15, 0.2) is 12.4 Å². The molecule has 116 valence electrons. The molecular formula is C15H18N4O3. The second-order valence-electron chi connectivity index (χ2n) is 5.44. The summed E-state index contributed by atoms with van der Waals surface area (Å²) in [5.74, 6) is 2.90. The number of rotatable bonds is 4. The number of para-hydroxylation sites is 1. The smallest absolute Gasteiger partial charge is 0.262 e. The molecule has 2 aromatic rings. The molecule has 7 heteroatoms. The highest BCUT2D eigenvalue weighted by atomic mass is 16.5. The molecule has 3 rings (SSSR count). The van der Waals surface area contributed by atoms with Gasteiger partial charge < -0.3 is 19.4 Å². The number of hydrogen-bond donors (Lipinski definition) is 1. The number of nitrogens with zero attached hydrogens (tertiary/aromatic N) is 3. The minimum Gasteiger partial charge on any atom is -0.483 e. The number of anilines is 1. The average Bonchev–Trinajstić information content (AvgIpc) is 2.86. The van der Waals surface area contributed by atoms with E-state index in [0.29, 0.717) is 23.1 Å². The highest BCUT2D eigenvalue weighted by Crippen LogP contribution is 2.36. The van der Waals surface area contributed by atoms with Gasteiger partial charge in [0.25, 0.3) is 5.91 Å². The lowest BCUT2D eigenvalue weighted by atomic mass is 10.2. The zero-order valence-corrected chi connectivity index (χ0v) is 12.8. The highest BCUT2D eigenvalue weighted by Gasteiger charge is 2.20. The fourth-order valence-electron chi connectivity index (χ4n) is 2.34. The molecule has 0 aliphatic carbocycles. The Labute approximate surface area is 128 Å². The van der Waals surface area contributed by atoms with Gasteiger partial charge in [-0.25, -0.2) is 0 Å². The van der Waals surface area contributed by atoms with E-state index in [2.05, 4.69) is 29.4 Å². The van der Waals surface area contributed by atoms with Crippen molar-refractivity contribution in [3.8, 4) is 11.5 Å². The van der Waals surface area contributed by atoms with Crippen molar-refractivity contribution in [3.63, 3.8) is 0 Å². The number of carbonyl (C=O) groups is 1. The molecule has 0 radical (unpaired) electrons. The summed E-state index contributed by atoms with van der Waals surface area (Å²) in [6.07, 6.45) is 0. The molecule has 7 nitrogen and oxygen atoms in total. The lowest BCUT2D eigenvalue weighted by molar-refractivity contribution is -0.118. The van der Waals surface area contributed by atoms with Gasteiger partial charge in [0, 0.05) is 13.0 Å². The van der Waals surface area contributed by atoms with Crippen LogP contribution in [0.4, 0.5) is 5.69 Å². The zero-order chi connectivity index (χ0) is 15.7. The predicted octanol–water partition coefficient (Wildman–Crippen LogP) is 1.85. The number of carbonyl (C=O) groups excluding carboxylic acids is 1. The van der Waals surface area contributed by atoms with Gasteiger partial charge in [0.1, 0.15) is 29.6 Å². The van der Waals surface area contributed by atoms with Gasteiger partial charge in [-0.15, -0.1) is 10.2 Å². The van der Waals surface area contributed by atoms with Gasteiger partial charge in [-0.1, -0.05) is 19.9 Å². The Morgan fingerprint density at radius 1 is 1.41 bits per heavy atom. The first-order chi connectivity index (χ1) is 10.6. The molecule has 1 amide bonds. The van der Waals surface area contributed by atoms with Crippen LogP contribution in [0.15, 0.2) is 18.2 Å². The third kappa shape index (κ3) is 2.61.